The zero-order valence-corrected chi connectivity index (χ0v) is 21.7. The van der Waals surface area contributed by atoms with E-state index in [9.17, 15) is 18.0 Å². The largest absolute Gasteiger partial charge is 0.462 e. The topological polar surface area (TPSA) is 109 Å². The Hall–Kier alpha value is -2.27. The van der Waals surface area contributed by atoms with E-state index in [1.54, 1.807) is 13.0 Å². The first-order chi connectivity index (χ1) is 15.2. The van der Waals surface area contributed by atoms with Crippen LogP contribution < -0.4 is 10.6 Å². The normalized spacial score (nSPS) is 16.8. The summed E-state index contributed by atoms with van der Waals surface area (Å²) in [4.78, 5) is 27.1. The van der Waals surface area contributed by atoms with Gasteiger partial charge in [0.2, 0.25) is 10.0 Å². The van der Waals surface area contributed by atoms with Gasteiger partial charge in [-0.2, -0.15) is 0 Å². The van der Waals surface area contributed by atoms with Crippen molar-refractivity contribution in [2.75, 3.05) is 26.0 Å². The van der Waals surface area contributed by atoms with Crippen LogP contribution in [0.3, 0.4) is 0 Å². The average molecular weight is 495 g/mol. The molecule has 1 aromatic carbocycles. The number of nitrogens with one attached hydrogen (secondary N) is 1. The van der Waals surface area contributed by atoms with Crippen LogP contribution >= 0.6 is 11.3 Å². The maximum absolute atomic E-state index is 13.1. The molecule has 1 aliphatic rings. The zero-order valence-electron chi connectivity index (χ0n) is 20.1. The number of anilines is 1. The number of ether oxygens (including phenoxy) is 1. The van der Waals surface area contributed by atoms with E-state index in [4.69, 9.17) is 4.74 Å². The highest BCUT2D eigenvalue weighted by atomic mass is 32.2. The molecule has 0 saturated carbocycles. The lowest BCUT2D eigenvalue weighted by Gasteiger charge is -2.38. The van der Waals surface area contributed by atoms with Crippen molar-refractivity contribution in [2.45, 2.75) is 57.0 Å². The van der Waals surface area contributed by atoms with Crippen molar-refractivity contribution in [3.8, 4) is 0 Å². The Bertz CT molecular complexity index is 1200. The number of carbonyl (C=O) groups is 2. The molecule has 0 saturated heterocycles. The molecule has 0 atom stereocenters. The second kappa shape index (κ2) is 8.83. The van der Waals surface area contributed by atoms with Crippen molar-refractivity contribution in [1.82, 2.24) is 4.31 Å². The molecule has 0 radical (unpaired) electrons. The van der Waals surface area contributed by atoms with E-state index in [1.165, 1.54) is 43.6 Å². The molecule has 33 heavy (non-hydrogen) atoms. The molecule has 1 aromatic heterocycles. The minimum atomic E-state index is -3.69. The quantitative estimate of drug-likeness (QED) is 0.600. The highest BCUT2D eigenvalue weighted by molar-refractivity contribution is 7.89. The fraction of sp³-hybridized carbons (Fsp3) is 0.478. The summed E-state index contributed by atoms with van der Waals surface area (Å²) >= 11 is 1.37. The van der Waals surface area contributed by atoms with Crippen LogP contribution in [0.5, 0.6) is 0 Å². The molecular formula is C23H32N3O5S2+. The van der Waals surface area contributed by atoms with Crippen LogP contribution in [0.2, 0.25) is 0 Å². The SMILES string of the molecule is CCOC(=O)c1c(NC(=O)c2cccc(S(=O)(=O)N(C)C)c2)sc2c1CC(C)(C)[NH2+]C2(C)C. The lowest BCUT2D eigenvalue weighted by molar-refractivity contribution is -0.789. The average Bonchev–Trinajstić information content (AvgIpc) is 3.05. The number of sulfonamides is 1. The van der Waals surface area contributed by atoms with Crippen LogP contribution in [-0.2, 0) is 26.7 Å². The fourth-order valence-corrected chi connectivity index (χ4v) is 6.62. The van der Waals surface area contributed by atoms with E-state index in [0.717, 1.165) is 14.7 Å². The monoisotopic (exact) mass is 494 g/mol. The Morgan fingerprint density at radius 3 is 2.48 bits per heavy atom. The van der Waals surface area contributed by atoms with Gasteiger partial charge >= 0.3 is 5.97 Å². The van der Waals surface area contributed by atoms with Crippen LogP contribution in [0.1, 0.15) is 65.8 Å². The van der Waals surface area contributed by atoms with Crippen molar-refractivity contribution in [2.24, 2.45) is 0 Å². The Kier molecular flexibility index (Phi) is 6.78. The van der Waals surface area contributed by atoms with Crippen LogP contribution in [0.15, 0.2) is 29.2 Å². The molecule has 0 bridgehead atoms. The van der Waals surface area contributed by atoms with Crippen LogP contribution in [-0.4, -0.2) is 50.8 Å². The predicted octanol–water partition coefficient (Wildman–Crippen LogP) is 2.56. The summed E-state index contributed by atoms with van der Waals surface area (Å²) in [5.41, 5.74) is 1.05. The van der Waals surface area contributed by atoms with Gasteiger partial charge in [0, 0.05) is 26.1 Å². The Labute approximate surface area is 199 Å². The van der Waals surface area contributed by atoms with Crippen molar-refractivity contribution in [1.29, 1.82) is 0 Å². The number of amides is 1. The minimum Gasteiger partial charge on any atom is -0.462 e. The second-order valence-electron chi connectivity index (χ2n) is 9.64. The second-order valence-corrected chi connectivity index (χ2v) is 12.8. The van der Waals surface area contributed by atoms with E-state index in [2.05, 4.69) is 38.3 Å². The lowest BCUT2D eigenvalue weighted by Crippen LogP contribution is -3.03. The Morgan fingerprint density at radius 2 is 1.88 bits per heavy atom. The van der Waals surface area contributed by atoms with Gasteiger partial charge in [-0.25, -0.2) is 17.5 Å². The molecular weight excluding hydrogens is 462 g/mol. The predicted molar refractivity (Wildman–Crippen MR) is 128 cm³/mol. The summed E-state index contributed by atoms with van der Waals surface area (Å²) < 4.78 is 31.4. The van der Waals surface area contributed by atoms with Crippen LogP contribution in [0.4, 0.5) is 5.00 Å². The maximum Gasteiger partial charge on any atom is 0.341 e. The van der Waals surface area contributed by atoms with Gasteiger partial charge < -0.3 is 15.4 Å². The molecule has 0 unspecified atom stereocenters. The standard InChI is InChI=1S/C23H31N3O5S2/c1-8-31-21(28)17-16-13-22(2,3)25-23(4,5)18(16)32-20(17)24-19(27)14-10-9-11-15(12-14)33(29,30)26(6)7/h9-12,25H,8,13H2,1-7H3,(H,24,27)/p+1. The molecule has 1 amide bonds. The fourth-order valence-electron chi connectivity index (χ4n) is 4.39. The highest BCUT2D eigenvalue weighted by Crippen LogP contribution is 2.42. The third kappa shape index (κ3) is 4.98. The number of carbonyl (C=O) groups excluding carboxylic acids is 2. The number of thiophene rings is 1. The smallest absolute Gasteiger partial charge is 0.341 e. The highest BCUT2D eigenvalue weighted by Gasteiger charge is 2.45. The third-order valence-electron chi connectivity index (χ3n) is 5.56. The van der Waals surface area contributed by atoms with Crippen molar-refractivity contribution in [3.63, 3.8) is 0 Å². The summed E-state index contributed by atoms with van der Waals surface area (Å²) in [6.07, 6.45) is 0.656. The number of fused-ring (bicyclic) bond motifs is 1. The third-order valence-corrected chi connectivity index (χ3v) is 8.86. The number of rotatable bonds is 6. The number of quaternary nitrogens is 1. The maximum atomic E-state index is 13.1. The molecule has 0 aliphatic carbocycles. The van der Waals surface area contributed by atoms with Gasteiger partial charge in [-0.3, -0.25) is 4.79 Å². The van der Waals surface area contributed by atoms with Gasteiger partial charge in [0.25, 0.3) is 5.91 Å². The lowest BCUT2D eigenvalue weighted by atomic mass is 9.81. The van der Waals surface area contributed by atoms with Gasteiger partial charge in [-0.15, -0.1) is 11.3 Å². The Balaban J connectivity index is 2.05. The Morgan fingerprint density at radius 1 is 1.21 bits per heavy atom. The summed E-state index contributed by atoms with van der Waals surface area (Å²) in [6.45, 7) is 10.4. The summed E-state index contributed by atoms with van der Waals surface area (Å²) in [5.74, 6) is -0.960. The molecule has 1 aliphatic heterocycles. The van der Waals surface area contributed by atoms with Gasteiger partial charge in [0.1, 0.15) is 10.5 Å². The van der Waals surface area contributed by atoms with Gasteiger partial charge in [0.15, 0.2) is 0 Å². The van der Waals surface area contributed by atoms with Crippen LogP contribution in [0, 0.1) is 0 Å². The molecule has 2 heterocycles. The molecule has 8 nitrogen and oxygen atoms in total. The summed E-state index contributed by atoms with van der Waals surface area (Å²) in [5, 5.41) is 5.55. The molecule has 2 aromatic rings. The van der Waals surface area contributed by atoms with E-state index in [0.29, 0.717) is 17.0 Å². The molecule has 10 heteroatoms. The zero-order chi connectivity index (χ0) is 24.8. The van der Waals surface area contributed by atoms with Gasteiger partial charge in [-0.1, -0.05) is 6.07 Å². The van der Waals surface area contributed by atoms with Crippen molar-refractivity contribution >= 4 is 38.2 Å². The molecule has 0 spiro atoms. The summed E-state index contributed by atoms with van der Waals surface area (Å²) in [6, 6.07) is 5.85. The van der Waals surface area contributed by atoms with Crippen molar-refractivity contribution < 1.29 is 28.1 Å². The van der Waals surface area contributed by atoms with Gasteiger partial charge in [-0.05, 0) is 58.4 Å². The number of nitrogens with two attached hydrogens (primary N) is 1. The number of hydrogen-bond acceptors (Lipinski definition) is 6. The number of benzene rings is 1. The molecule has 3 N–H and O–H groups in total. The number of nitrogens with zero attached hydrogens (tertiary/aromatic N) is 1. The molecule has 0 fully saturated rings. The van der Waals surface area contributed by atoms with Crippen molar-refractivity contribution in [3.05, 3.63) is 45.8 Å². The van der Waals surface area contributed by atoms with E-state index >= 15 is 0 Å². The van der Waals surface area contributed by atoms with Gasteiger partial charge in [0.05, 0.1) is 27.5 Å². The van der Waals surface area contributed by atoms with E-state index in [-0.39, 0.29) is 28.1 Å². The van der Waals surface area contributed by atoms with Crippen LogP contribution in [0.25, 0.3) is 0 Å². The molecule has 3 rings (SSSR count). The molecule has 180 valence electrons. The first-order valence-electron chi connectivity index (χ1n) is 10.7. The van der Waals surface area contributed by atoms with E-state index in [1.807, 2.05) is 0 Å². The minimum absolute atomic E-state index is 0.0220. The number of hydrogen-bond donors (Lipinski definition) is 2. The first kappa shape index (κ1) is 25.4. The van der Waals surface area contributed by atoms with E-state index < -0.39 is 21.9 Å². The number of esters is 1. The summed E-state index contributed by atoms with van der Waals surface area (Å²) in [7, 11) is -0.818. The first-order valence-corrected chi connectivity index (χ1v) is 13.0.